The molecule has 2 amide bonds. The molecule has 1 aliphatic rings. The van der Waals surface area contributed by atoms with Crippen LogP contribution in [0, 0.1) is 5.82 Å². The third-order valence-corrected chi connectivity index (χ3v) is 7.26. The molecule has 0 bridgehead atoms. The van der Waals surface area contributed by atoms with Gasteiger partial charge in [-0.15, -0.1) is 0 Å². The number of unbranched alkanes of at least 4 members (excludes halogenated alkanes) is 1. The zero-order chi connectivity index (χ0) is 30.9. The number of nitrogens with zero attached hydrogens (tertiary/aromatic N) is 2. The quantitative estimate of drug-likeness (QED) is 0.146. The van der Waals surface area contributed by atoms with Crippen LogP contribution in [0.15, 0.2) is 66.7 Å². The molecule has 2 N–H and O–H groups in total. The number of aryl methyl sites for hydroxylation is 1. The number of rotatable bonds is 13. The van der Waals surface area contributed by atoms with Crippen LogP contribution in [0.5, 0.6) is 0 Å². The molecule has 43 heavy (non-hydrogen) atoms. The van der Waals surface area contributed by atoms with E-state index in [-0.39, 0.29) is 24.2 Å². The van der Waals surface area contributed by atoms with Crippen LogP contribution in [0.25, 0.3) is 11.3 Å². The molecule has 9 heteroatoms. The lowest BCUT2D eigenvalue weighted by atomic mass is 9.97. The molecular weight excluding hydrogens is 547 g/mol. The summed E-state index contributed by atoms with van der Waals surface area (Å²) in [5.74, 6) is -1.01. The molecule has 226 valence electrons. The maximum atomic E-state index is 14.0. The summed E-state index contributed by atoms with van der Waals surface area (Å²) in [5.41, 5.74) is 5.02. The first kappa shape index (κ1) is 31.4. The number of nitrogens with one attached hydrogen (secondary N) is 2. The standard InChI is InChI=1S/C34H39FN4O4/c1-5-43-31(41)19-12-23-9-8-10-24(21-23)33(32-28-18-13-25(35)22-29(28)37-34(32)42)36-26-14-16-27(17-15-26)39(4)30(40)11-6-7-20-38(2)3/h8-10,13-18,21-22,36H,5-7,11-12,19-20H2,1-4H3,(H,37,42). The normalized spacial score (nSPS) is 13.4. The number of anilines is 3. The summed E-state index contributed by atoms with van der Waals surface area (Å²) in [5, 5.41) is 6.18. The average molecular weight is 587 g/mol. The van der Waals surface area contributed by atoms with Gasteiger partial charge in [-0.25, -0.2) is 4.39 Å². The Labute approximate surface area is 252 Å². The third-order valence-electron chi connectivity index (χ3n) is 7.26. The van der Waals surface area contributed by atoms with E-state index < -0.39 is 5.82 Å². The van der Waals surface area contributed by atoms with Crippen LogP contribution in [-0.4, -0.2) is 57.0 Å². The Morgan fingerprint density at radius 3 is 2.44 bits per heavy atom. The highest BCUT2D eigenvalue weighted by molar-refractivity contribution is 6.37. The highest BCUT2D eigenvalue weighted by Gasteiger charge is 2.29. The van der Waals surface area contributed by atoms with Crippen LogP contribution in [0.3, 0.4) is 0 Å². The van der Waals surface area contributed by atoms with Crippen LogP contribution in [0.2, 0.25) is 0 Å². The lowest BCUT2D eigenvalue weighted by Gasteiger charge is -2.19. The van der Waals surface area contributed by atoms with Gasteiger partial charge in [0.15, 0.2) is 0 Å². The Morgan fingerprint density at radius 1 is 0.953 bits per heavy atom. The molecule has 0 fully saturated rings. The van der Waals surface area contributed by atoms with Crippen molar-refractivity contribution in [2.75, 3.05) is 49.8 Å². The van der Waals surface area contributed by atoms with E-state index in [1.54, 1.807) is 24.9 Å². The summed E-state index contributed by atoms with van der Waals surface area (Å²) in [6.07, 6.45) is 2.97. The van der Waals surface area contributed by atoms with Gasteiger partial charge >= 0.3 is 5.97 Å². The number of hydrogen-bond acceptors (Lipinski definition) is 6. The van der Waals surface area contributed by atoms with Gasteiger partial charge in [-0.05, 0) is 106 Å². The molecular formula is C34H39FN4O4. The van der Waals surface area contributed by atoms with Gasteiger partial charge in [0.25, 0.3) is 5.91 Å². The maximum Gasteiger partial charge on any atom is 0.306 e. The van der Waals surface area contributed by atoms with Crippen molar-refractivity contribution < 1.29 is 23.5 Å². The van der Waals surface area contributed by atoms with Gasteiger partial charge in [0, 0.05) is 36.8 Å². The number of fused-ring (bicyclic) bond motifs is 1. The summed E-state index contributed by atoms with van der Waals surface area (Å²) < 4.78 is 19.0. The number of ether oxygens (including phenoxy) is 1. The molecule has 4 rings (SSSR count). The summed E-state index contributed by atoms with van der Waals surface area (Å²) in [4.78, 5) is 41.7. The van der Waals surface area contributed by atoms with Crippen molar-refractivity contribution in [3.63, 3.8) is 0 Å². The Balaban J connectivity index is 1.61. The van der Waals surface area contributed by atoms with E-state index in [9.17, 15) is 18.8 Å². The zero-order valence-electron chi connectivity index (χ0n) is 25.2. The minimum atomic E-state index is -0.442. The molecule has 0 aromatic heterocycles. The molecule has 3 aromatic carbocycles. The van der Waals surface area contributed by atoms with Gasteiger partial charge in [0.1, 0.15) is 5.82 Å². The van der Waals surface area contributed by atoms with E-state index in [4.69, 9.17) is 4.74 Å². The number of benzene rings is 3. The molecule has 0 unspecified atom stereocenters. The van der Waals surface area contributed by atoms with Crippen molar-refractivity contribution in [3.05, 3.63) is 89.2 Å². The predicted octanol–water partition coefficient (Wildman–Crippen LogP) is 5.95. The third kappa shape index (κ3) is 8.29. The van der Waals surface area contributed by atoms with Crippen molar-refractivity contribution in [1.82, 2.24) is 4.90 Å². The second kappa shape index (κ2) is 14.6. The van der Waals surface area contributed by atoms with E-state index in [0.717, 1.165) is 36.2 Å². The van der Waals surface area contributed by atoms with Gasteiger partial charge in [-0.1, -0.05) is 18.2 Å². The summed E-state index contributed by atoms with van der Waals surface area (Å²) in [7, 11) is 5.81. The van der Waals surface area contributed by atoms with Crippen LogP contribution in [0.4, 0.5) is 21.5 Å². The molecule has 8 nitrogen and oxygen atoms in total. The zero-order valence-corrected chi connectivity index (χ0v) is 25.2. The Morgan fingerprint density at radius 2 is 1.72 bits per heavy atom. The number of esters is 1. The van der Waals surface area contributed by atoms with Gasteiger partial charge in [0.2, 0.25) is 5.91 Å². The van der Waals surface area contributed by atoms with Gasteiger partial charge in [-0.2, -0.15) is 0 Å². The van der Waals surface area contributed by atoms with Crippen molar-refractivity contribution >= 4 is 46.1 Å². The van der Waals surface area contributed by atoms with Crippen LogP contribution >= 0.6 is 0 Å². The second-order valence-corrected chi connectivity index (χ2v) is 10.8. The van der Waals surface area contributed by atoms with Crippen molar-refractivity contribution in [2.24, 2.45) is 0 Å². The van der Waals surface area contributed by atoms with Crippen LogP contribution < -0.4 is 15.5 Å². The van der Waals surface area contributed by atoms with E-state index in [2.05, 4.69) is 15.5 Å². The van der Waals surface area contributed by atoms with Crippen LogP contribution in [-0.2, 0) is 25.5 Å². The SMILES string of the molecule is CCOC(=O)CCc1cccc(C(Nc2ccc(N(C)C(=O)CCCCN(C)C)cc2)=C2C(=O)Nc3cc(F)ccc32)c1. The Kier molecular flexibility index (Phi) is 10.7. The first-order valence-electron chi connectivity index (χ1n) is 14.5. The number of carbonyl (C=O) groups excluding carboxylic acids is 3. The number of amides is 2. The van der Waals surface area contributed by atoms with Crippen molar-refractivity contribution in [3.8, 4) is 0 Å². The largest absolute Gasteiger partial charge is 0.466 e. The Hall–Kier alpha value is -4.50. The van der Waals surface area contributed by atoms with E-state index in [0.29, 0.717) is 47.7 Å². The lowest BCUT2D eigenvalue weighted by Crippen LogP contribution is -2.26. The lowest BCUT2D eigenvalue weighted by molar-refractivity contribution is -0.143. The first-order valence-corrected chi connectivity index (χ1v) is 14.5. The number of carbonyl (C=O) groups is 3. The number of halogens is 1. The smallest absolute Gasteiger partial charge is 0.306 e. The molecule has 0 atom stereocenters. The monoisotopic (exact) mass is 586 g/mol. The molecule has 0 saturated carbocycles. The highest BCUT2D eigenvalue weighted by Crippen LogP contribution is 2.38. The van der Waals surface area contributed by atoms with E-state index in [1.807, 2.05) is 62.6 Å². The molecule has 0 radical (unpaired) electrons. The molecule has 0 aliphatic carbocycles. The first-order chi connectivity index (χ1) is 20.7. The van der Waals surface area contributed by atoms with Crippen LogP contribution in [0.1, 0.15) is 49.3 Å². The predicted molar refractivity (Wildman–Crippen MR) is 169 cm³/mol. The second-order valence-electron chi connectivity index (χ2n) is 10.8. The van der Waals surface area contributed by atoms with E-state index in [1.165, 1.54) is 12.1 Å². The molecule has 0 spiro atoms. The summed E-state index contributed by atoms with van der Waals surface area (Å²) in [6.45, 7) is 3.05. The van der Waals surface area contributed by atoms with Crippen molar-refractivity contribution in [2.45, 2.75) is 39.0 Å². The minimum Gasteiger partial charge on any atom is -0.466 e. The van der Waals surface area contributed by atoms with Gasteiger partial charge < -0.3 is 25.2 Å². The van der Waals surface area contributed by atoms with Crippen molar-refractivity contribution in [1.29, 1.82) is 0 Å². The topological polar surface area (TPSA) is 91.0 Å². The number of hydrogen-bond donors (Lipinski definition) is 2. The van der Waals surface area contributed by atoms with E-state index >= 15 is 0 Å². The summed E-state index contributed by atoms with van der Waals surface area (Å²) >= 11 is 0. The highest BCUT2D eigenvalue weighted by atomic mass is 19.1. The maximum absolute atomic E-state index is 14.0. The molecule has 1 aliphatic heterocycles. The molecule has 3 aromatic rings. The fourth-order valence-electron chi connectivity index (χ4n) is 4.96. The fourth-order valence-corrected chi connectivity index (χ4v) is 4.96. The Bertz CT molecular complexity index is 1500. The minimum absolute atomic E-state index is 0.0494. The van der Waals surface area contributed by atoms with Gasteiger partial charge in [-0.3, -0.25) is 14.4 Å². The molecule has 0 saturated heterocycles. The summed E-state index contributed by atoms with van der Waals surface area (Å²) in [6, 6.07) is 19.3. The van der Waals surface area contributed by atoms with Gasteiger partial charge in [0.05, 0.1) is 23.6 Å². The fraction of sp³-hybridized carbons (Fsp3) is 0.324. The molecule has 1 heterocycles. The average Bonchev–Trinajstić information content (AvgIpc) is 3.31.